The zero-order chi connectivity index (χ0) is 16.4. The van der Waals surface area contributed by atoms with Gasteiger partial charge in [0.05, 0.1) is 17.4 Å². The number of carbonyl (C=O) groups excluding carboxylic acids is 2. The van der Waals surface area contributed by atoms with Crippen molar-refractivity contribution in [2.45, 2.75) is 19.8 Å². The maximum atomic E-state index is 14.0. The number of Topliss-reactive ketones (excluding diaryl/α,β-unsaturated/α-hetero) is 1. The average molecular weight is 313 g/mol. The highest BCUT2D eigenvalue weighted by Crippen LogP contribution is 2.33. The van der Waals surface area contributed by atoms with E-state index in [2.05, 4.69) is 15.6 Å². The summed E-state index contributed by atoms with van der Waals surface area (Å²) < 4.78 is 14.0. The Balaban J connectivity index is 1.68. The number of urea groups is 1. The first-order valence-corrected chi connectivity index (χ1v) is 7.37. The average Bonchev–Trinajstić information content (AvgIpc) is 3.34. The fourth-order valence-corrected chi connectivity index (χ4v) is 2.24. The molecule has 2 aromatic rings. The lowest BCUT2D eigenvalue weighted by Gasteiger charge is -2.10. The smallest absolute Gasteiger partial charge is 0.308 e. The van der Waals surface area contributed by atoms with Crippen molar-refractivity contribution in [3.63, 3.8) is 0 Å². The number of anilines is 2. The van der Waals surface area contributed by atoms with Gasteiger partial charge in [0.15, 0.2) is 5.78 Å². The van der Waals surface area contributed by atoms with Gasteiger partial charge in [-0.05, 0) is 49.6 Å². The van der Waals surface area contributed by atoms with Crippen molar-refractivity contribution in [3.8, 4) is 0 Å². The van der Waals surface area contributed by atoms with Gasteiger partial charge in [0, 0.05) is 17.8 Å². The SMILES string of the molecule is Cc1ccncc1NC(=O)Nc1ccc(C(=O)C2CC2)c(F)c1. The number of amides is 2. The number of rotatable bonds is 4. The first-order valence-electron chi connectivity index (χ1n) is 7.37. The van der Waals surface area contributed by atoms with E-state index in [1.807, 2.05) is 6.92 Å². The molecule has 6 heteroatoms. The van der Waals surface area contributed by atoms with Crippen LogP contribution in [0.2, 0.25) is 0 Å². The van der Waals surface area contributed by atoms with E-state index in [0.717, 1.165) is 24.5 Å². The predicted octanol–water partition coefficient (Wildman–Crippen LogP) is 3.77. The van der Waals surface area contributed by atoms with Crippen LogP contribution in [0.25, 0.3) is 0 Å². The molecule has 118 valence electrons. The lowest BCUT2D eigenvalue weighted by atomic mass is 10.1. The summed E-state index contributed by atoms with van der Waals surface area (Å²) in [5.74, 6) is -0.818. The normalized spacial score (nSPS) is 13.5. The standard InChI is InChI=1S/C17H16FN3O2/c1-10-6-7-19-9-15(10)21-17(23)20-12-4-5-13(14(18)8-12)16(22)11-2-3-11/h4-9,11H,2-3H2,1H3,(H2,20,21,23). The van der Waals surface area contributed by atoms with E-state index in [1.165, 1.54) is 18.3 Å². The maximum absolute atomic E-state index is 14.0. The van der Waals surface area contributed by atoms with Crippen molar-refractivity contribution < 1.29 is 14.0 Å². The molecule has 3 rings (SSSR count). The van der Waals surface area contributed by atoms with E-state index in [1.54, 1.807) is 12.3 Å². The molecule has 1 heterocycles. The van der Waals surface area contributed by atoms with Crippen LogP contribution in [-0.4, -0.2) is 16.8 Å². The number of aromatic nitrogens is 1. The van der Waals surface area contributed by atoms with Crippen molar-refractivity contribution >= 4 is 23.2 Å². The lowest BCUT2D eigenvalue weighted by molar-refractivity contribution is 0.0963. The van der Waals surface area contributed by atoms with Crippen molar-refractivity contribution in [2.24, 2.45) is 5.92 Å². The van der Waals surface area contributed by atoms with Crippen LogP contribution in [-0.2, 0) is 0 Å². The second kappa shape index (κ2) is 6.16. The minimum atomic E-state index is -0.614. The molecular formula is C17H16FN3O2. The van der Waals surface area contributed by atoms with Crippen molar-refractivity contribution in [3.05, 3.63) is 53.6 Å². The van der Waals surface area contributed by atoms with Crippen LogP contribution in [0.5, 0.6) is 0 Å². The van der Waals surface area contributed by atoms with Crippen LogP contribution in [0.3, 0.4) is 0 Å². The summed E-state index contributed by atoms with van der Waals surface area (Å²) in [4.78, 5) is 27.8. The Labute approximate surface area is 132 Å². The number of hydrogen-bond acceptors (Lipinski definition) is 3. The summed E-state index contributed by atoms with van der Waals surface area (Å²) in [5.41, 5.74) is 1.81. The third-order valence-corrected chi connectivity index (χ3v) is 3.73. The Bertz CT molecular complexity index is 772. The zero-order valence-electron chi connectivity index (χ0n) is 12.6. The quantitative estimate of drug-likeness (QED) is 0.844. The minimum Gasteiger partial charge on any atom is -0.308 e. The molecule has 0 saturated heterocycles. The molecule has 0 spiro atoms. The summed E-state index contributed by atoms with van der Waals surface area (Å²) >= 11 is 0. The number of ketones is 1. The van der Waals surface area contributed by atoms with E-state index >= 15 is 0 Å². The molecule has 1 aliphatic carbocycles. The van der Waals surface area contributed by atoms with Gasteiger partial charge in [-0.2, -0.15) is 0 Å². The molecule has 1 fully saturated rings. The summed E-state index contributed by atoms with van der Waals surface area (Å²) in [6.07, 6.45) is 4.81. The van der Waals surface area contributed by atoms with Gasteiger partial charge in [-0.15, -0.1) is 0 Å². The Morgan fingerprint density at radius 1 is 1.22 bits per heavy atom. The molecule has 0 atom stereocenters. The number of pyridine rings is 1. The van der Waals surface area contributed by atoms with Crippen molar-refractivity contribution in [1.29, 1.82) is 0 Å². The molecule has 1 aromatic heterocycles. The van der Waals surface area contributed by atoms with E-state index in [4.69, 9.17) is 0 Å². The van der Waals surface area contributed by atoms with E-state index in [0.29, 0.717) is 5.69 Å². The van der Waals surface area contributed by atoms with Gasteiger partial charge >= 0.3 is 6.03 Å². The third kappa shape index (κ3) is 3.53. The van der Waals surface area contributed by atoms with Crippen LogP contribution >= 0.6 is 0 Å². The van der Waals surface area contributed by atoms with Crippen LogP contribution < -0.4 is 10.6 Å². The number of nitrogens with one attached hydrogen (secondary N) is 2. The number of nitrogens with zero attached hydrogens (tertiary/aromatic N) is 1. The van der Waals surface area contributed by atoms with Gasteiger partial charge in [0.25, 0.3) is 0 Å². The molecule has 23 heavy (non-hydrogen) atoms. The van der Waals surface area contributed by atoms with E-state index in [9.17, 15) is 14.0 Å². The number of benzene rings is 1. The summed E-state index contributed by atoms with van der Waals surface area (Å²) in [7, 11) is 0. The molecule has 0 bridgehead atoms. The van der Waals surface area contributed by atoms with Crippen molar-refractivity contribution in [2.75, 3.05) is 10.6 Å². The van der Waals surface area contributed by atoms with Gasteiger partial charge in [0.1, 0.15) is 5.82 Å². The van der Waals surface area contributed by atoms with Gasteiger partial charge in [-0.25, -0.2) is 9.18 Å². The lowest BCUT2D eigenvalue weighted by Crippen LogP contribution is -2.20. The van der Waals surface area contributed by atoms with Gasteiger partial charge < -0.3 is 10.6 Å². The fourth-order valence-electron chi connectivity index (χ4n) is 2.24. The number of carbonyl (C=O) groups is 2. The summed E-state index contributed by atoms with van der Waals surface area (Å²) in [6, 6.07) is 5.37. The molecule has 1 aromatic carbocycles. The fraction of sp³-hybridized carbons (Fsp3) is 0.235. The largest absolute Gasteiger partial charge is 0.323 e. The van der Waals surface area contributed by atoms with E-state index in [-0.39, 0.29) is 23.0 Å². The van der Waals surface area contributed by atoms with Crippen LogP contribution in [0.15, 0.2) is 36.7 Å². The van der Waals surface area contributed by atoms with Crippen LogP contribution in [0.4, 0.5) is 20.6 Å². The Morgan fingerprint density at radius 2 is 2.00 bits per heavy atom. The number of hydrogen-bond donors (Lipinski definition) is 2. The maximum Gasteiger partial charge on any atom is 0.323 e. The van der Waals surface area contributed by atoms with E-state index < -0.39 is 11.8 Å². The van der Waals surface area contributed by atoms with Crippen LogP contribution in [0.1, 0.15) is 28.8 Å². The number of halogens is 1. The third-order valence-electron chi connectivity index (χ3n) is 3.73. The first-order chi connectivity index (χ1) is 11.0. The zero-order valence-corrected chi connectivity index (χ0v) is 12.6. The molecule has 2 amide bonds. The minimum absolute atomic E-state index is 0.0415. The Morgan fingerprint density at radius 3 is 2.65 bits per heavy atom. The Hall–Kier alpha value is -2.76. The topological polar surface area (TPSA) is 71.1 Å². The monoisotopic (exact) mass is 313 g/mol. The van der Waals surface area contributed by atoms with Gasteiger partial charge in [0.2, 0.25) is 0 Å². The van der Waals surface area contributed by atoms with Gasteiger partial charge in [-0.1, -0.05) is 0 Å². The highest BCUT2D eigenvalue weighted by Gasteiger charge is 2.31. The highest BCUT2D eigenvalue weighted by molar-refractivity contribution is 6.02. The highest BCUT2D eigenvalue weighted by atomic mass is 19.1. The molecule has 1 aliphatic rings. The predicted molar refractivity (Wildman–Crippen MR) is 85.1 cm³/mol. The molecular weight excluding hydrogens is 297 g/mol. The Kier molecular flexibility index (Phi) is 4.06. The summed E-state index contributed by atoms with van der Waals surface area (Å²) in [6.45, 7) is 1.84. The first kappa shape index (κ1) is 15.1. The molecule has 0 radical (unpaired) electrons. The second-order valence-corrected chi connectivity index (χ2v) is 5.60. The molecule has 2 N–H and O–H groups in total. The molecule has 1 saturated carbocycles. The molecule has 0 aliphatic heterocycles. The van der Waals surface area contributed by atoms with Crippen molar-refractivity contribution in [1.82, 2.24) is 4.98 Å². The molecule has 5 nitrogen and oxygen atoms in total. The van der Waals surface area contributed by atoms with Crippen LogP contribution in [0, 0.1) is 18.7 Å². The summed E-state index contributed by atoms with van der Waals surface area (Å²) in [5, 5.41) is 5.18. The second-order valence-electron chi connectivity index (χ2n) is 5.60. The molecule has 0 unspecified atom stereocenters. The van der Waals surface area contributed by atoms with Gasteiger partial charge in [-0.3, -0.25) is 9.78 Å². The number of aryl methyl sites for hydroxylation is 1.